The van der Waals surface area contributed by atoms with Crippen molar-refractivity contribution in [3.8, 4) is 11.1 Å². The maximum absolute atomic E-state index is 5.99. The van der Waals surface area contributed by atoms with Crippen LogP contribution >= 0.6 is 0 Å². The van der Waals surface area contributed by atoms with Gasteiger partial charge in [0.25, 0.3) is 0 Å². The van der Waals surface area contributed by atoms with Crippen molar-refractivity contribution in [1.29, 1.82) is 0 Å². The minimum Gasteiger partial charge on any atom is -0.398 e. The second-order valence-corrected chi connectivity index (χ2v) is 5.05. The van der Waals surface area contributed by atoms with E-state index in [0.29, 0.717) is 0 Å². The standard InChI is InChI=1S/C16H20N2.2H3N/c1-9-5-13(6-10(2)15(9)17)14-7-11(3)16(18)12(4)8-14;;/h5-8H,17-18H2,1-4H3;2*1H3. The molecule has 2 rings (SSSR count). The van der Waals surface area contributed by atoms with E-state index in [-0.39, 0.29) is 12.3 Å². The summed E-state index contributed by atoms with van der Waals surface area (Å²) in [5, 5.41) is 0. The van der Waals surface area contributed by atoms with E-state index in [2.05, 4.69) is 24.3 Å². The highest BCUT2D eigenvalue weighted by Gasteiger charge is 2.07. The monoisotopic (exact) mass is 274 g/mol. The van der Waals surface area contributed by atoms with E-state index in [1.54, 1.807) is 0 Å². The highest BCUT2D eigenvalue weighted by atomic mass is 14.6. The average Bonchev–Trinajstić information content (AvgIpc) is 2.31. The van der Waals surface area contributed by atoms with Gasteiger partial charge in [0.2, 0.25) is 0 Å². The molecule has 10 N–H and O–H groups in total. The average molecular weight is 274 g/mol. The maximum Gasteiger partial charge on any atom is 0.0373 e. The van der Waals surface area contributed by atoms with Crippen molar-refractivity contribution in [3.05, 3.63) is 46.5 Å². The summed E-state index contributed by atoms with van der Waals surface area (Å²) in [7, 11) is 0. The van der Waals surface area contributed by atoms with Gasteiger partial charge in [-0.25, -0.2) is 0 Å². The minimum absolute atomic E-state index is 0. The number of nitrogens with two attached hydrogens (primary N) is 2. The molecule has 0 radical (unpaired) electrons. The van der Waals surface area contributed by atoms with Gasteiger partial charge >= 0.3 is 0 Å². The Morgan fingerprint density at radius 2 is 0.750 bits per heavy atom. The van der Waals surface area contributed by atoms with Crippen LogP contribution in [0.3, 0.4) is 0 Å². The first-order chi connectivity index (χ1) is 8.40. The van der Waals surface area contributed by atoms with Gasteiger partial charge < -0.3 is 23.8 Å². The van der Waals surface area contributed by atoms with Crippen LogP contribution in [-0.4, -0.2) is 0 Å². The topological polar surface area (TPSA) is 122 Å². The third-order valence-corrected chi connectivity index (χ3v) is 3.52. The molecule has 0 aliphatic rings. The molecule has 2 aromatic carbocycles. The van der Waals surface area contributed by atoms with Crippen LogP contribution in [0, 0.1) is 27.7 Å². The predicted octanol–water partition coefficient (Wildman–Crippen LogP) is 4.08. The molecule has 0 saturated heterocycles. The van der Waals surface area contributed by atoms with Gasteiger partial charge in [-0.05, 0) is 85.3 Å². The molecule has 0 unspecified atom stereocenters. The lowest BCUT2D eigenvalue weighted by Gasteiger charge is -2.12. The molecule has 0 fully saturated rings. The van der Waals surface area contributed by atoms with Crippen LogP contribution in [0.15, 0.2) is 24.3 Å². The summed E-state index contributed by atoms with van der Waals surface area (Å²) >= 11 is 0. The zero-order chi connectivity index (χ0) is 13.4. The summed E-state index contributed by atoms with van der Waals surface area (Å²) in [6.45, 7) is 8.18. The van der Waals surface area contributed by atoms with E-state index in [4.69, 9.17) is 11.5 Å². The molecule has 0 spiro atoms. The number of anilines is 2. The summed E-state index contributed by atoms with van der Waals surface area (Å²) < 4.78 is 0. The number of hydrogen-bond donors (Lipinski definition) is 4. The lowest BCUT2D eigenvalue weighted by molar-refractivity contribution is 1.36. The molecule has 0 aromatic heterocycles. The van der Waals surface area contributed by atoms with Gasteiger partial charge in [0, 0.05) is 11.4 Å². The fraction of sp³-hybridized carbons (Fsp3) is 0.250. The van der Waals surface area contributed by atoms with E-state index >= 15 is 0 Å². The molecule has 4 heteroatoms. The van der Waals surface area contributed by atoms with Crippen molar-refractivity contribution in [2.24, 2.45) is 0 Å². The molecule has 4 nitrogen and oxygen atoms in total. The summed E-state index contributed by atoms with van der Waals surface area (Å²) in [6, 6.07) is 8.53. The first-order valence-corrected chi connectivity index (χ1v) is 6.14. The van der Waals surface area contributed by atoms with Gasteiger partial charge in [0.1, 0.15) is 0 Å². The molecule has 0 bridgehead atoms. The van der Waals surface area contributed by atoms with Gasteiger partial charge in [-0.3, -0.25) is 0 Å². The van der Waals surface area contributed by atoms with Crippen LogP contribution < -0.4 is 23.8 Å². The van der Waals surface area contributed by atoms with Crippen LogP contribution in [0.5, 0.6) is 0 Å². The molecular weight excluding hydrogens is 248 g/mol. The molecule has 2 aromatic rings. The van der Waals surface area contributed by atoms with Crippen molar-refractivity contribution < 1.29 is 0 Å². The van der Waals surface area contributed by atoms with E-state index in [1.807, 2.05) is 27.7 Å². The third-order valence-electron chi connectivity index (χ3n) is 3.52. The van der Waals surface area contributed by atoms with Crippen molar-refractivity contribution in [2.45, 2.75) is 27.7 Å². The summed E-state index contributed by atoms with van der Waals surface area (Å²) in [5.41, 5.74) is 20.6. The van der Waals surface area contributed by atoms with Crippen molar-refractivity contribution in [2.75, 3.05) is 11.5 Å². The Morgan fingerprint density at radius 1 is 0.550 bits per heavy atom. The van der Waals surface area contributed by atoms with Gasteiger partial charge in [-0.1, -0.05) is 0 Å². The smallest absolute Gasteiger partial charge is 0.0373 e. The van der Waals surface area contributed by atoms with Crippen LogP contribution in [-0.2, 0) is 0 Å². The molecular formula is C16H26N4. The van der Waals surface area contributed by atoms with Gasteiger partial charge in [0.15, 0.2) is 0 Å². The molecule has 0 aliphatic carbocycles. The normalized spacial score (nSPS) is 9.60. The summed E-state index contributed by atoms with van der Waals surface area (Å²) in [4.78, 5) is 0. The number of rotatable bonds is 1. The number of aryl methyl sites for hydroxylation is 4. The van der Waals surface area contributed by atoms with Crippen molar-refractivity contribution in [1.82, 2.24) is 12.3 Å². The maximum atomic E-state index is 5.99. The first kappa shape index (κ1) is 18.0. The van der Waals surface area contributed by atoms with Crippen LogP contribution in [0.2, 0.25) is 0 Å². The molecule has 0 heterocycles. The Labute approximate surface area is 121 Å². The molecule has 0 saturated carbocycles. The first-order valence-electron chi connectivity index (χ1n) is 6.14. The lowest BCUT2D eigenvalue weighted by atomic mass is 9.95. The molecule has 0 amide bonds. The molecule has 20 heavy (non-hydrogen) atoms. The Kier molecular flexibility index (Phi) is 5.76. The van der Waals surface area contributed by atoms with Crippen LogP contribution in [0.25, 0.3) is 11.1 Å². The van der Waals surface area contributed by atoms with Gasteiger partial charge in [-0.2, -0.15) is 0 Å². The second kappa shape index (κ2) is 6.41. The van der Waals surface area contributed by atoms with Crippen LogP contribution in [0.1, 0.15) is 22.3 Å². The fourth-order valence-electron chi connectivity index (χ4n) is 2.28. The van der Waals surface area contributed by atoms with Crippen molar-refractivity contribution >= 4 is 11.4 Å². The SMILES string of the molecule is Cc1cc(-c2cc(C)c(N)c(C)c2)cc(C)c1N.N.N. The molecule has 110 valence electrons. The zero-order valence-corrected chi connectivity index (χ0v) is 12.9. The number of benzene rings is 2. The zero-order valence-electron chi connectivity index (χ0n) is 12.9. The van der Waals surface area contributed by atoms with E-state index in [1.165, 1.54) is 11.1 Å². The number of hydrogen-bond acceptors (Lipinski definition) is 4. The predicted molar refractivity (Wildman–Crippen MR) is 89.7 cm³/mol. The summed E-state index contributed by atoms with van der Waals surface area (Å²) in [6.07, 6.45) is 0. The lowest BCUT2D eigenvalue weighted by Crippen LogP contribution is -1.97. The highest BCUT2D eigenvalue weighted by Crippen LogP contribution is 2.30. The second-order valence-electron chi connectivity index (χ2n) is 5.05. The summed E-state index contributed by atoms with van der Waals surface area (Å²) in [5.74, 6) is 0. The Balaban J connectivity index is 0.00000180. The van der Waals surface area contributed by atoms with Crippen molar-refractivity contribution in [3.63, 3.8) is 0 Å². The largest absolute Gasteiger partial charge is 0.398 e. The van der Waals surface area contributed by atoms with Gasteiger partial charge in [-0.15, -0.1) is 0 Å². The Morgan fingerprint density at radius 3 is 0.950 bits per heavy atom. The molecule has 0 aliphatic heterocycles. The van der Waals surface area contributed by atoms with E-state index < -0.39 is 0 Å². The fourth-order valence-corrected chi connectivity index (χ4v) is 2.28. The van der Waals surface area contributed by atoms with Crippen LogP contribution in [0.4, 0.5) is 11.4 Å². The molecule has 0 atom stereocenters. The van der Waals surface area contributed by atoms with E-state index in [9.17, 15) is 0 Å². The number of nitrogen functional groups attached to an aromatic ring is 2. The van der Waals surface area contributed by atoms with Gasteiger partial charge in [0.05, 0.1) is 0 Å². The quantitative estimate of drug-likeness (QED) is 0.585. The third kappa shape index (κ3) is 3.10. The highest BCUT2D eigenvalue weighted by molar-refractivity contribution is 5.73. The Bertz CT molecular complexity index is 516. The van der Waals surface area contributed by atoms with E-state index in [0.717, 1.165) is 33.6 Å². The Hall–Kier alpha value is -2.04. The minimum atomic E-state index is 0.